The molecule has 3 unspecified atom stereocenters. The van der Waals surface area contributed by atoms with Crippen LogP contribution in [0.5, 0.6) is 11.5 Å². The zero-order chi connectivity index (χ0) is 31.5. The van der Waals surface area contributed by atoms with Crippen molar-refractivity contribution in [3.63, 3.8) is 0 Å². The number of carboxylic acids is 1. The van der Waals surface area contributed by atoms with Gasteiger partial charge >= 0.3 is 18.2 Å². The Bertz CT molecular complexity index is 1630. The van der Waals surface area contributed by atoms with Crippen molar-refractivity contribution in [3.05, 3.63) is 108 Å². The standard InChI is InChI=1S/C34H33F3N2O5/c1-22(25-10-9-24-5-3-4-6-26(24)19-25)39-28(21-38-32(39)42)17-18-43-29-13-7-23(8-14-29)20-33(2,31(40)41)44-30-15-11-27(12-16-30)34(35,36)37/h3-16,19,22,28H,17-18,20-21H2,1-2H3,(H,38,42)(H,40,41). The number of carbonyl (C=O) groups is 2. The summed E-state index contributed by atoms with van der Waals surface area (Å²) in [7, 11) is 0. The molecule has 4 aromatic carbocycles. The zero-order valence-electron chi connectivity index (χ0n) is 24.3. The minimum absolute atomic E-state index is 0.0201. The number of urea groups is 1. The van der Waals surface area contributed by atoms with Gasteiger partial charge in [-0.3, -0.25) is 0 Å². The summed E-state index contributed by atoms with van der Waals surface area (Å²) in [4.78, 5) is 26.7. The van der Waals surface area contributed by atoms with Gasteiger partial charge in [0.25, 0.3) is 0 Å². The first-order valence-corrected chi connectivity index (χ1v) is 14.3. The van der Waals surface area contributed by atoms with Gasteiger partial charge in [-0.05, 0) is 78.2 Å². The van der Waals surface area contributed by atoms with Crippen LogP contribution in [0.25, 0.3) is 10.8 Å². The number of benzene rings is 4. The number of carboxylic acid groups (broad SMARTS) is 1. The molecule has 4 aromatic rings. The van der Waals surface area contributed by atoms with Crippen LogP contribution in [0.1, 0.15) is 43.0 Å². The number of halogens is 3. The third kappa shape index (κ3) is 6.90. The first-order valence-electron chi connectivity index (χ1n) is 14.3. The van der Waals surface area contributed by atoms with E-state index >= 15 is 0 Å². The third-order valence-corrected chi connectivity index (χ3v) is 7.95. The Labute approximate surface area is 253 Å². The van der Waals surface area contributed by atoms with Crippen molar-refractivity contribution in [1.82, 2.24) is 10.2 Å². The Morgan fingerprint density at radius 2 is 1.64 bits per heavy atom. The quantitative estimate of drug-likeness (QED) is 0.188. The Balaban J connectivity index is 1.17. The maximum Gasteiger partial charge on any atom is 0.416 e. The summed E-state index contributed by atoms with van der Waals surface area (Å²) < 4.78 is 50.2. The fourth-order valence-corrected chi connectivity index (χ4v) is 5.46. The minimum Gasteiger partial charge on any atom is -0.494 e. The molecule has 0 radical (unpaired) electrons. The highest BCUT2D eigenvalue weighted by molar-refractivity contribution is 5.83. The van der Waals surface area contributed by atoms with Gasteiger partial charge in [0, 0.05) is 19.4 Å². The molecule has 10 heteroatoms. The first kappa shape index (κ1) is 30.7. The summed E-state index contributed by atoms with van der Waals surface area (Å²) in [6, 6.07) is 24.9. The largest absolute Gasteiger partial charge is 0.494 e. The third-order valence-electron chi connectivity index (χ3n) is 7.95. The number of nitrogens with one attached hydrogen (secondary N) is 1. The van der Waals surface area contributed by atoms with Crippen molar-refractivity contribution in [2.45, 2.75) is 50.6 Å². The fraction of sp³-hybridized carbons (Fsp3) is 0.294. The van der Waals surface area contributed by atoms with Crippen LogP contribution in [-0.2, 0) is 17.4 Å². The van der Waals surface area contributed by atoms with E-state index in [1.807, 2.05) is 24.0 Å². The molecule has 1 aliphatic heterocycles. The number of hydrogen-bond donors (Lipinski definition) is 2. The van der Waals surface area contributed by atoms with Crippen molar-refractivity contribution in [2.24, 2.45) is 0 Å². The lowest BCUT2D eigenvalue weighted by Gasteiger charge is -2.30. The normalized spacial score (nSPS) is 17.2. The predicted molar refractivity (Wildman–Crippen MR) is 160 cm³/mol. The van der Waals surface area contributed by atoms with Crippen molar-refractivity contribution < 1.29 is 37.3 Å². The topological polar surface area (TPSA) is 88.1 Å². The molecule has 44 heavy (non-hydrogen) atoms. The molecule has 1 heterocycles. The maximum atomic E-state index is 12.9. The number of rotatable bonds is 11. The van der Waals surface area contributed by atoms with Crippen LogP contribution < -0.4 is 14.8 Å². The van der Waals surface area contributed by atoms with Gasteiger partial charge in [0.2, 0.25) is 5.60 Å². The van der Waals surface area contributed by atoms with Gasteiger partial charge in [0.05, 0.1) is 24.3 Å². The lowest BCUT2D eigenvalue weighted by atomic mass is 9.96. The maximum absolute atomic E-state index is 12.9. The van der Waals surface area contributed by atoms with Crippen molar-refractivity contribution in [1.29, 1.82) is 0 Å². The lowest BCUT2D eigenvalue weighted by Crippen LogP contribution is -2.43. The highest BCUT2D eigenvalue weighted by Gasteiger charge is 2.37. The molecule has 230 valence electrons. The highest BCUT2D eigenvalue weighted by atomic mass is 19.4. The summed E-state index contributed by atoms with van der Waals surface area (Å²) in [5, 5.41) is 15.1. The molecule has 2 amide bonds. The molecule has 0 saturated carbocycles. The molecule has 0 spiro atoms. The summed E-state index contributed by atoms with van der Waals surface area (Å²) in [5.41, 5.74) is -0.858. The molecule has 5 rings (SSSR count). The number of carbonyl (C=O) groups excluding carboxylic acids is 1. The summed E-state index contributed by atoms with van der Waals surface area (Å²) >= 11 is 0. The van der Waals surface area contributed by atoms with Crippen LogP contribution in [0, 0.1) is 0 Å². The predicted octanol–water partition coefficient (Wildman–Crippen LogP) is 7.25. The van der Waals surface area contributed by atoms with Crippen molar-refractivity contribution in [3.8, 4) is 11.5 Å². The number of alkyl halides is 3. The van der Waals surface area contributed by atoms with Crippen LogP contribution in [0.15, 0.2) is 91.0 Å². The van der Waals surface area contributed by atoms with E-state index in [1.165, 1.54) is 6.92 Å². The van der Waals surface area contributed by atoms with E-state index in [0.29, 0.717) is 30.9 Å². The average molecular weight is 607 g/mol. The second-order valence-electron chi connectivity index (χ2n) is 11.1. The molecule has 1 aliphatic rings. The summed E-state index contributed by atoms with van der Waals surface area (Å²) in [5.74, 6) is -0.646. The van der Waals surface area contributed by atoms with Gasteiger partial charge in [-0.25, -0.2) is 9.59 Å². The van der Waals surface area contributed by atoms with Gasteiger partial charge in [-0.1, -0.05) is 48.5 Å². The second-order valence-corrected chi connectivity index (χ2v) is 11.1. The smallest absolute Gasteiger partial charge is 0.416 e. The molecular weight excluding hydrogens is 573 g/mol. The molecular formula is C34H33F3N2O5. The molecule has 3 atom stereocenters. The molecule has 0 aliphatic carbocycles. The van der Waals surface area contributed by atoms with Gasteiger partial charge < -0.3 is 24.8 Å². The second kappa shape index (κ2) is 12.5. The van der Waals surface area contributed by atoms with Gasteiger partial charge in [0.15, 0.2) is 0 Å². The van der Waals surface area contributed by atoms with Crippen LogP contribution in [-0.4, -0.2) is 46.8 Å². The average Bonchev–Trinajstić information content (AvgIpc) is 3.36. The number of fused-ring (bicyclic) bond motifs is 1. The van der Waals surface area contributed by atoms with E-state index in [4.69, 9.17) is 9.47 Å². The fourth-order valence-electron chi connectivity index (χ4n) is 5.46. The number of ether oxygens (including phenoxy) is 2. The summed E-state index contributed by atoms with van der Waals surface area (Å²) in [6.07, 6.45) is -3.92. The summed E-state index contributed by atoms with van der Waals surface area (Å²) in [6.45, 7) is 4.28. The Morgan fingerprint density at radius 3 is 2.30 bits per heavy atom. The molecule has 1 saturated heterocycles. The van der Waals surface area contributed by atoms with E-state index < -0.39 is 23.3 Å². The molecule has 2 N–H and O–H groups in total. The van der Waals surface area contributed by atoms with Crippen LogP contribution >= 0.6 is 0 Å². The van der Waals surface area contributed by atoms with E-state index in [0.717, 1.165) is 40.6 Å². The van der Waals surface area contributed by atoms with Gasteiger partial charge in [-0.15, -0.1) is 0 Å². The molecule has 7 nitrogen and oxygen atoms in total. The van der Waals surface area contributed by atoms with Gasteiger partial charge in [-0.2, -0.15) is 13.2 Å². The number of hydrogen-bond acceptors (Lipinski definition) is 4. The first-order chi connectivity index (χ1) is 20.9. The van der Waals surface area contributed by atoms with E-state index in [1.54, 1.807) is 24.3 Å². The van der Waals surface area contributed by atoms with Crippen LogP contribution in [0.3, 0.4) is 0 Å². The SMILES string of the molecule is CC(c1ccc2ccccc2c1)N1C(=O)NCC1CCOc1ccc(CC(C)(Oc2ccc(C(F)(F)F)cc2)C(=O)O)cc1. The van der Waals surface area contributed by atoms with E-state index in [2.05, 4.69) is 35.6 Å². The Morgan fingerprint density at radius 1 is 0.977 bits per heavy atom. The monoisotopic (exact) mass is 606 g/mol. The lowest BCUT2D eigenvalue weighted by molar-refractivity contribution is -0.153. The number of nitrogens with zero attached hydrogens (tertiary/aromatic N) is 1. The number of aliphatic carboxylic acids is 1. The van der Waals surface area contributed by atoms with E-state index in [-0.39, 0.29) is 30.3 Å². The van der Waals surface area contributed by atoms with Crippen LogP contribution in [0.4, 0.5) is 18.0 Å². The minimum atomic E-state index is -4.50. The van der Waals surface area contributed by atoms with Crippen molar-refractivity contribution in [2.75, 3.05) is 13.2 Å². The van der Waals surface area contributed by atoms with Crippen molar-refractivity contribution >= 4 is 22.8 Å². The number of amides is 2. The highest BCUT2D eigenvalue weighted by Crippen LogP contribution is 2.32. The van der Waals surface area contributed by atoms with Crippen LogP contribution in [0.2, 0.25) is 0 Å². The zero-order valence-corrected chi connectivity index (χ0v) is 24.3. The Kier molecular flexibility index (Phi) is 8.71. The Hall–Kier alpha value is -4.73. The molecule has 0 aromatic heterocycles. The molecule has 1 fully saturated rings. The van der Waals surface area contributed by atoms with E-state index in [9.17, 15) is 27.9 Å². The van der Waals surface area contributed by atoms with Gasteiger partial charge in [0.1, 0.15) is 11.5 Å². The molecule has 0 bridgehead atoms.